The van der Waals surface area contributed by atoms with Gasteiger partial charge in [0.25, 0.3) is 10.0 Å². The Bertz CT molecular complexity index is 1840. The molecule has 0 spiro atoms. The van der Waals surface area contributed by atoms with E-state index in [1.54, 1.807) is 24.3 Å². The molecule has 2 amide bonds. The Balaban J connectivity index is 1.57. The number of ether oxygens (including phenoxy) is 3. The van der Waals surface area contributed by atoms with Crippen LogP contribution in [0.2, 0.25) is 0 Å². The average Bonchev–Trinajstić information content (AvgIpc) is 3.12. The molecule has 0 unspecified atom stereocenters. The summed E-state index contributed by atoms with van der Waals surface area (Å²) in [6.45, 7) is 2.31. The van der Waals surface area contributed by atoms with Crippen LogP contribution in [-0.2, 0) is 32.6 Å². The van der Waals surface area contributed by atoms with Crippen LogP contribution in [0.5, 0.6) is 17.2 Å². The molecule has 1 aliphatic heterocycles. The number of nitrogens with one attached hydrogen (secondary N) is 1. The number of halogens is 1. The summed E-state index contributed by atoms with van der Waals surface area (Å²) in [4.78, 5) is 29.8. The lowest BCUT2D eigenvalue weighted by atomic mass is 10.0. The zero-order chi connectivity index (χ0) is 34.8. The minimum Gasteiger partial charge on any atom is -0.497 e. The van der Waals surface area contributed by atoms with Crippen molar-refractivity contribution in [3.63, 3.8) is 0 Å². The first kappa shape index (κ1) is 35.2. The van der Waals surface area contributed by atoms with Crippen LogP contribution in [0.4, 0.5) is 10.1 Å². The number of anilines is 1. The largest absolute Gasteiger partial charge is 0.497 e. The number of hydrogen-bond donors (Lipinski definition) is 1. The predicted octanol–water partition coefficient (Wildman–Crippen LogP) is 5.36. The number of rotatable bonds is 15. The first-order chi connectivity index (χ1) is 23.7. The maximum atomic E-state index is 14.6. The SMILES string of the molecule is CCCCNC(=O)[C@@H](Cc1ccccc1)N(Cc1cccc(OC)c1)C(=O)CN(c1ccc(F)cc1)S(=O)(=O)c1ccc2c(c1)OCCO2. The van der Waals surface area contributed by atoms with E-state index in [4.69, 9.17) is 14.2 Å². The van der Waals surface area contributed by atoms with Gasteiger partial charge in [0.15, 0.2) is 11.5 Å². The van der Waals surface area contributed by atoms with Gasteiger partial charge in [0.2, 0.25) is 11.8 Å². The van der Waals surface area contributed by atoms with Gasteiger partial charge in [0.05, 0.1) is 17.7 Å². The third kappa shape index (κ3) is 8.88. The monoisotopic (exact) mass is 689 g/mol. The summed E-state index contributed by atoms with van der Waals surface area (Å²) in [5.74, 6) is -0.360. The van der Waals surface area contributed by atoms with Crippen molar-refractivity contribution >= 4 is 27.5 Å². The molecule has 258 valence electrons. The number of nitrogens with zero attached hydrogens (tertiary/aromatic N) is 2. The molecular weight excluding hydrogens is 649 g/mol. The number of hydrogen-bond acceptors (Lipinski definition) is 7. The van der Waals surface area contributed by atoms with Crippen molar-refractivity contribution in [1.82, 2.24) is 10.2 Å². The molecule has 0 fully saturated rings. The molecule has 5 rings (SSSR count). The molecule has 0 bridgehead atoms. The summed E-state index contributed by atoms with van der Waals surface area (Å²) in [5, 5.41) is 2.97. The van der Waals surface area contributed by atoms with Crippen molar-refractivity contribution in [2.24, 2.45) is 0 Å². The Morgan fingerprint density at radius 3 is 2.33 bits per heavy atom. The van der Waals surface area contributed by atoms with Crippen molar-refractivity contribution in [2.75, 3.05) is 37.7 Å². The third-order valence-electron chi connectivity index (χ3n) is 8.08. The molecule has 49 heavy (non-hydrogen) atoms. The second-order valence-electron chi connectivity index (χ2n) is 11.5. The van der Waals surface area contributed by atoms with Crippen LogP contribution < -0.4 is 23.8 Å². The number of unbranched alkanes of at least 4 members (excludes halogenated alkanes) is 1. The average molecular weight is 690 g/mol. The Kier molecular flexibility index (Phi) is 11.7. The first-order valence-corrected chi connectivity index (χ1v) is 17.6. The van der Waals surface area contributed by atoms with Crippen LogP contribution in [-0.4, -0.2) is 64.6 Å². The lowest BCUT2D eigenvalue weighted by molar-refractivity contribution is -0.140. The summed E-state index contributed by atoms with van der Waals surface area (Å²) in [6.07, 6.45) is 1.79. The zero-order valence-corrected chi connectivity index (χ0v) is 28.3. The molecular formula is C37H40FN3O7S. The number of benzene rings is 4. The first-order valence-electron chi connectivity index (χ1n) is 16.1. The predicted molar refractivity (Wildman–Crippen MR) is 184 cm³/mol. The number of amides is 2. The van der Waals surface area contributed by atoms with Crippen LogP contribution in [0.25, 0.3) is 0 Å². The summed E-state index contributed by atoms with van der Waals surface area (Å²) in [7, 11) is -2.90. The van der Waals surface area contributed by atoms with Crippen LogP contribution in [0.1, 0.15) is 30.9 Å². The molecule has 1 N–H and O–H groups in total. The molecule has 1 heterocycles. The molecule has 10 nitrogen and oxygen atoms in total. The lowest BCUT2D eigenvalue weighted by Gasteiger charge is -2.34. The van der Waals surface area contributed by atoms with E-state index in [9.17, 15) is 22.4 Å². The normalized spacial score (nSPS) is 12.9. The number of fused-ring (bicyclic) bond motifs is 1. The Labute approximate surface area is 286 Å². The summed E-state index contributed by atoms with van der Waals surface area (Å²) in [5.41, 5.74) is 1.56. The molecule has 0 aliphatic carbocycles. The molecule has 4 aromatic carbocycles. The smallest absolute Gasteiger partial charge is 0.264 e. The Hall–Kier alpha value is -5.10. The van der Waals surface area contributed by atoms with Crippen LogP contribution in [0.15, 0.2) is 102 Å². The van der Waals surface area contributed by atoms with Gasteiger partial charge >= 0.3 is 0 Å². The standard InChI is InChI=1S/C37H40FN3O7S/c1-3-4-19-39-37(43)33(23-27-9-6-5-7-10-27)40(25-28-11-8-12-31(22-28)46-2)36(42)26-41(30-15-13-29(38)14-16-30)49(44,45)32-17-18-34-35(24-32)48-21-20-47-34/h5-18,22,24,33H,3-4,19-21,23,25-26H2,1-2H3,(H,39,43)/t33-/m1/s1. The van der Waals surface area contributed by atoms with Crippen LogP contribution >= 0.6 is 0 Å². The fourth-order valence-corrected chi connectivity index (χ4v) is 6.91. The Morgan fingerprint density at radius 2 is 1.61 bits per heavy atom. The fraction of sp³-hybridized carbons (Fsp3) is 0.297. The molecule has 0 radical (unpaired) electrons. The van der Waals surface area contributed by atoms with Gasteiger partial charge in [0, 0.05) is 25.6 Å². The second-order valence-corrected chi connectivity index (χ2v) is 13.4. The Morgan fingerprint density at radius 1 is 0.898 bits per heavy atom. The highest BCUT2D eigenvalue weighted by atomic mass is 32.2. The highest BCUT2D eigenvalue weighted by Gasteiger charge is 2.35. The summed E-state index contributed by atoms with van der Waals surface area (Å²) < 4.78 is 60.3. The van der Waals surface area contributed by atoms with E-state index in [1.807, 2.05) is 37.3 Å². The summed E-state index contributed by atoms with van der Waals surface area (Å²) in [6, 6.07) is 24.5. The topological polar surface area (TPSA) is 114 Å². The molecule has 0 saturated carbocycles. The number of carbonyl (C=O) groups excluding carboxylic acids is 2. The highest BCUT2D eigenvalue weighted by Crippen LogP contribution is 2.34. The molecule has 1 atom stereocenters. The van der Waals surface area contributed by atoms with Crippen molar-refractivity contribution in [3.8, 4) is 17.2 Å². The fourth-order valence-electron chi connectivity index (χ4n) is 5.48. The molecule has 0 saturated heterocycles. The van der Waals surface area contributed by atoms with Crippen LogP contribution in [0, 0.1) is 5.82 Å². The molecule has 0 aromatic heterocycles. The van der Waals surface area contributed by atoms with E-state index in [2.05, 4.69) is 5.32 Å². The van der Waals surface area contributed by atoms with Crippen molar-refractivity contribution in [1.29, 1.82) is 0 Å². The number of carbonyl (C=O) groups is 2. The highest BCUT2D eigenvalue weighted by molar-refractivity contribution is 7.92. The van der Waals surface area contributed by atoms with Gasteiger partial charge in [-0.1, -0.05) is 55.8 Å². The van der Waals surface area contributed by atoms with Crippen molar-refractivity contribution < 1.29 is 36.6 Å². The van der Waals surface area contributed by atoms with E-state index in [1.165, 1.54) is 42.3 Å². The lowest BCUT2D eigenvalue weighted by Crippen LogP contribution is -2.53. The van der Waals surface area contributed by atoms with E-state index < -0.39 is 34.3 Å². The molecule has 1 aliphatic rings. The van der Waals surface area contributed by atoms with Gasteiger partial charge in [-0.25, -0.2) is 12.8 Å². The molecule has 12 heteroatoms. The van der Waals surface area contributed by atoms with Gasteiger partial charge in [-0.2, -0.15) is 0 Å². The maximum Gasteiger partial charge on any atom is 0.264 e. The quantitative estimate of drug-likeness (QED) is 0.167. The molecule has 4 aromatic rings. The van der Waals surface area contributed by atoms with E-state index in [-0.39, 0.29) is 41.8 Å². The van der Waals surface area contributed by atoms with Gasteiger partial charge in [-0.05, 0) is 66.1 Å². The third-order valence-corrected chi connectivity index (χ3v) is 9.85. The van der Waals surface area contributed by atoms with Gasteiger partial charge in [-0.3, -0.25) is 13.9 Å². The maximum absolute atomic E-state index is 14.6. The van der Waals surface area contributed by atoms with Crippen molar-refractivity contribution in [3.05, 3.63) is 114 Å². The summed E-state index contributed by atoms with van der Waals surface area (Å²) >= 11 is 0. The zero-order valence-electron chi connectivity index (χ0n) is 27.5. The van der Waals surface area contributed by atoms with Gasteiger partial charge in [0.1, 0.15) is 37.4 Å². The van der Waals surface area contributed by atoms with E-state index >= 15 is 0 Å². The van der Waals surface area contributed by atoms with Gasteiger partial charge in [-0.15, -0.1) is 0 Å². The number of sulfonamides is 1. The van der Waals surface area contributed by atoms with Gasteiger partial charge < -0.3 is 24.4 Å². The second kappa shape index (κ2) is 16.3. The number of methoxy groups -OCH3 is 1. The van der Waals surface area contributed by atoms with E-state index in [0.29, 0.717) is 30.2 Å². The van der Waals surface area contributed by atoms with Crippen LogP contribution in [0.3, 0.4) is 0 Å². The minimum absolute atomic E-state index is 0.0178. The van der Waals surface area contributed by atoms with Crippen molar-refractivity contribution in [2.45, 2.75) is 43.7 Å². The van der Waals surface area contributed by atoms with E-state index in [0.717, 1.165) is 34.8 Å². The minimum atomic E-state index is -4.43.